The van der Waals surface area contributed by atoms with Crippen molar-refractivity contribution < 1.29 is 4.39 Å². The lowest BCUT2D eigenvalue weighted by molar-refractivity contribution is 0.0683. The third-order valence-corrected chi connectivity index (χ3v) is 4.28. The predicted octanol–water partition coefficient (Wildman–Crippen LogP) is 2.62. The van der Waals surface area contributed by atoms with Crippen molar-refractivity contribution in [2.24, 2.45) is 0 Å². The SMILES string of the molecule is CN(CC1(N(C)C)CCC1)c1ccc(C#N)c(F)c1. The van der Waals surface area contributed by atoms with Crippen molar-refractivity contribution in [3.05, 3.63) is 29.6 Å². The van der Waals surface area contributed by atoms with Crippen molar-refractivity contribution in [3.63, 3.8) is 0 Å². The molecule has 4 heteroatoms. The maximum absolute atomic E-state index is 13.6. The highest BCUT2D eigenvalue weighted by molar-refractivity contribution is 5.50. The monoisotopic (exact) mass is 261 g/mol. The number of rotatable bonds is 4. The molecule has 0 aromatic heterocycles. The van der Waals surface area contributed by atoms with Gasteiger partial charge in [-0.3, -0.25) is 0 Å². The zero-order valence-corrected chi connectivity index (χ0v) is 11.8. The summed E-state index contributed by atoms with van der Waals surface area (Å²) in [4.78, 5) is 4.34. The molecule has 0 amide bonds. The number of nitriles is 1. The summed E-state index contributed by atoms with van der Waals surface area (Å²) >= 11 is 0. The first-order valence-corrected chi connectivity index (χ1v) is 6.57. The Morgan fingerprint density at radius 1 is 1.32 bits per heavy atom. The normalized spacial score (nSPS) is 16.8. The van der Waals surface area contributed by atoms with Gasteiger partial charge < -0.3 is 9.80 Å². The summed E-state index contributed by atoms with van der Waals surface area (Å²) in [6.07, 6.45) is 3.62. The van der Waals surface area contributed by atoms with Crippen LogP contribution in [-0.4, -0.2) is 38.1 Å². The van der Waals surface area contributed by atoms with Gasteiger partial charge in [0.2, 0.25) is 0 Å². The van der Waals surface area contributed by atoms with E-state index in [1.165, 1.54) is 25.3 Å². The third kappa shape index (κ3) is 2.57. The Bertz CT molecular complexity index is 501. The van der Waals surface area contributed by atoms with Crippen LogP contribution in [-0.2, 0) is 0 Å². The summed E-state index contributed by atoms with van der Waals surface area (Å²) in [5.74, 6) is -0.445. The number of halogens is 1. The van der Waals surface area contributed by atoms with Gasteiger partial charge in [0.15, 0.2) is 0 Å². The van der Waals surface area contributed by atoms with Crippen LogP contribution in [0, 0.1) is 17.1 Å². The van der Waals surface area contributed by atoms with Crippen LogP contribution >= 0.6 is 0 Å². The predicted molar refractivity (Wildman–Crippen MR) is 74.7 cm³/mol. The average Bonchev–Trinajstić information content (AvgIpc) is 2.32. The second-order valence-electron chi connectivity index (χ2n) is 5.60. The minimum atomic E-state index is -0.445. The second kappa shape index (κ2) is 5.18. The van der Waals surface area contributed by atoms with Crippen LogP contribution in [0.25, 0.3) is 0 Å². The number of hydrogen-bond donors (Lipinski definition) is 0. The topological polar surface area (TPSA) is 30.3 Å². The van der Waals surface area contributed by atoms with Gasteiger partial charge in [-0.05, 0) is 51.6 Å². The highest BCUT2D eigenvalue weighted by Crippen LogP contribution is 2.37. The fraction of sp³-hybridized carbons (Fsp3) is 0.533. The maximum atomic E-state index is 13.6. The van der Waals surface area contributed by atoms with Crippen molar-refractivity contribution in [2.45, 2.75) is 24.8 Å². The molecule has 1 aromatic carbocycles. The zero-order valence-electron chi connectivity index (χ0n) is 11.8. The summed E-state index contributed by atoms with van der Waals surface area (Å²) in [6.45, 7) is 0.880. The van der Waals surface area contributed by atoms with Crippen LogP contribution in [0.3, 0.4) is 0 Å². The summed E-state index contributed by atoms with van der Waals surface area (Å²) < 4.78 is 13.6. The largest absolute Gasteiger partial charge is 0.373 e. The van der Waals surface area contributed by atoms with E-state index in [0.29, 0.717) is 0 Å². The van der Waals surface area contributed by atoms with E-state index in [4.69, 9.17) is 5.26 Å². The molecular formula is C15H20FN3. The lowest BCUT2D eigenvalue weighted by Crippen LogP contribution is -2.56. The number of nitrogens with zero attached hydrogens (tertiary/aromatic N) is 3. The minimum absolute atomic E-state index is 0.100. The minimum Gasteiger partial charge on any atom is -0.373 e. The van der Waals surface area contributed by atoms with Gasteiger partial charge in [0.1, 0.15) is 11.9 Å². The molecule has 2 rings (SSSR count). The van der Waals surface area contributed by atoms with E-state index in [1.807, 2.05) is 19.2 Å². The van der Waals surface area contributed by atoms with Gasteiger partial charge in [-0.1, -0.05) is 0 Å². The van der Waals surface area contributed by atoms with Crippen molar-refractivity contribution in [1.82, 2.24) is 4.90 Å². The molecule has 0 N–H and O–H groups in total. The van der Waals surface area contributed by atoms with Crippen LogP contribution < -0.4 is 4.90 Å². The Morgan fingerprint density at radius 3 is 2.42 bits per heavy atom. The first-order chi connectivity index (χ1) is 8.98. The van der Waals surface area contributed by atoms with E-state index >= 15 is 0 Å². The Morgan fingerprint density at radius 2 is 2.00 bits per heavy atom. The van der Waals surface area contributed by atoms with Crippen molar-refractivity contribution >= 4 is 5.69 Å². The summed E-state index contributed by atoms with van der Waals surface area (Å²) in [5, 5.41) is 8.74. The smallest absolute Gasteiger partial charge is 0.143 e. The molecule has 102 valence electrons. The molecule has 19 heavy (non-hydrogen) atoms. The maximum Gasteiger partial charge on any atom is 0.143 e. The molecule has 0 spiro atoms. The van der Waals surface area contributed by atoms with Crippen LogP contribution in [0.5, 0.6) is 0 Å². The quantitative estimate of drug-likeness (QED) is 0.834. The van der Waals surface area contributed by atoms with E-state index in [9.17, 15) is 4.39 Å². The van der Waals surface area contributed by atoms with Crippen molar-refractivity contribution in [3.8, 4) is 6.07 Å². The van der Waals surface area contributed by atoms with Gasteiger partial charge in [0.25, 0.3) is 0 Å². The van der Waals surface area contributed by atoms with Gasteiger partial charge in [0.05, 0.1) is 5.56 Å². The molecule has 0 atom stereocenters. The molecule has 0 heterocycles. The standard InChI is InChI=1S/C15H20FN3/c1-18(2)15(7-4-8-15)11-19(3)13-6-5-12(10-17)14(16)9-13/h5-6,9H,4,7-8,11H2,1-3H3. The Kier molecular flexibility index (Phi) is 3.77. The van der Waals surface area contributed by atoms with Gasteiger partial charge >= 0.3 is 0 Å². The van der Waals surface area contributed by atoms with Crippen LogP contribution in [0.1, 0.15) is 24.8 Å². The zero-order chi connectivity index (χ0) is 14.0. The number of benzene rings is 1. The van der Waals surface area contributed by atoms with Crippen molar-refractivity contribution in [1.29, 1.82) is 5.26 Å². The molecule has 0 radical (unpaired) electrons. The summed E-state index contributed by atoms with van der Waals surface area (Å²) in [5.41, 5.74) is 1.13. The molecule has 1 aliphatic carbocycles. The van der Waals surface area contributed by atoms with E-state index < -0.39 is 5.82 Å². The first kappa shape index (κ1) is 13.8. The fourth-order valence-electron chi connectivity index (χ4n) is 2.70. The van der Waals surface area contributed by atoms with E-state index in [-0.39, 0.29) is 11.1 Å². The summed E-state index contributed by atoms with van der Waals surface area (Å²) in [7, 11) is 6.18. The fourth-order valence-corrected chi connectivity index (χ4v) is 2.70. The van der Waals surface area contributed by atoms with Gasteiger partial charge in [-0.15, -0.1) is 0 Å². The molecular weight excluding hydrogens is 241 g/mol. The highest BCUT2D eigenvalue weighted by Gasteiger charge is 2.39. The molecule has 0 saturated heterocycles. The Hall–Kier alpha value is -1.60. The molecule has 1 aromatic rings. The van der Waals surface area contributed by atoms with Crippen LogP contribution in [0.15, 0.2) is 18.2 Å². The average molecular weight is 261 g/mol. The molecule has 3 nitrogen and oxygen atoms in total. The van der Waals surface area contributed by atoms with Gasteiger partial charge in [0, 0.05) is 24.8 Å². The number of anilines is 1. The number of hydrogen-bond acceptors (Lipinski definition) is 3. The third-order valence-electron chi connectivity index (χ3n) is 4.28. The lowest BCUT2D eigenvalue weighted by atomic mass is 9.75. The molecule has 0 bridgehead atoms. The highest BCUT2D eigenvalue weighted by atomic mass is 19.1. The molecule has 1 saturated carbocycles. The summed E-state index contributed by atoms with van der Waals surface area (Å²) in [6, 6.07) is 6.65. The van der Waals surface area contributed by atoms with Crippen molar-refractivity contribution in [2.75, 3.05) is 32.6 Å². The van der Waals surface area contributed by atoms with E-state index in [1.54, 1.807) is 6.07 Å². The van der Waals surface area contributed by atoms with E-state index in [0.717, 1.165) is 12.2 Å². The van der Waals surface area contributed by atoms with Crippen LogP contribution in [0.4, 0.5) is 10.1 Å². The van der Waals surface area contributed by atoms with Gasteiger partial charge in [-0.2, -0.15) is 5.26 Å². The van der Waals surface area contributed by atoms with E-state index in [2.05, 4.69) is 23.9 Å². The number of likely N-dealkylation sites (N-methyl/N-ethyl adjacent to an activating group) is 2. The molecule has 1 fully saturated rings. The first-order valence-electron chi connectivity index (χ1n) is 6.57. The lowest BCUT2D eigenvalue weighted by Gasteiger charge is -2.49. The molecule has 1 aliphatic rings. The Labute approximate surface area is 114 Å². The second-order valence-corrected chi connectivity index (χ2v) is 5.60. The Balaban J connectivity index is 2.14. The molecule has 0 unspecified atom stereocenters. The van der Waals surface area contributed by atoms with Gasteiger partial charge in [-0.25, -0.2) is 4.39 Å². The van der Waals surface area contributed by atoms with Crippen LogP contribution in [0.2, 0.25) is 0 Å². The molecule has 0 aliphatic heterocycles.